The quantitative estimate of drug-likeness (QED) is 0.804. The number of nitrogens with one attached hydrogen (secondary N) is 2. The maximum atomic E-state index is 12.1. The van der Waals surface area contributed by atoms with Gasteiger partial charge < -0.3 is 10.6 Å². The average molecular weight is 282 g/mol. The van der Waals surface area contributed by atoms with Crippen molar-refractivity contribution in [2.75, 3.05) is 24.7 Å². The van der Waals surface area contributed by atoms with Crippen molar-refractivity contribution in [1.29, 1.82) is 0 Å². The van der Waals surface area contributed by atoms with Crippen molar-refractivity contribution < 1.29 is 9.00 Å². The standard InChI is InChI=1S/C14H22N2O2S/c1-4-15-13-8-6-5-7-12(13)14(17)16-10-9-11(2)19(3)18/h5-8,11,15H,4,9-10H2,1-3H3,(H,16,17). The summed E-state index contributed by atoms with van der Waals surface area (Å²) in [6.45, 7) is 5.23. The Morgan fingerprint density at radius 2 is 2.05 bits per heavy atom. The Balaban J connectivity index is 2.56. The molecule has 1 aromatic rings. The van der Waals surface area contributed by atoms with Gasteiger partial charge in [0.2, 0.25) is 0 Å². The van der Waals surface area contributed by atoms with Crippen LogP contribution < -0.4 is 10.6 Å². The summed E-state index contributed by atoms with van der Waals surface area (Å²) in [5.41, 5.74) is 1.49. The second-order valence-electron chi connectivity index (χ2n) is 4.43. The summed E-state index contributed by atoms with van der Waals surface area (Å²) >= 11 is 0. The van der Waals surface area contributed by atoms with Crippen LogP contribution in [0.4, 0.5) is 5.69 Å². The first-order valence-electron chi connectivity index (χ1n) is 6.49. The van der Waals surface area contributed by atoms with Gasteiger partial charge >= 0.3 is 0 Å². The van der Waals surface area contributed by atoms with Gasteiger partial charge in [-0.25, -0.2) is 0 Å². The normalized spacial score (nSPS) is 13.6. The maximum absolute atomic E-state index is 12.1. The lowest BCUT2D eigenvalue weighted by atomic mass is 10.1. The molecular formula is C14H22N2O2S. The topological polar surface area (TPSA) is 58.2 Å². The lowest BCUT2D eigenvalue weighted by molar-refractivity contribution is 0.0954. The van der Waals surface area contributed by atoms with Gasteiger partial charge in [-0.1, -0.05) is 19.1 Å². The van der Waals surface area contributed by atoms with Crippen LogP contribution in [-0.2, 0) is 10.8 Å². The molecule has 0 spiro atoms. The number of benzene rings is 1. The number of hydrogen-bond donors (Lipinski definition) is 2. The number of hydrogen-bond acceptors (Lipinski definition) is 3. The summed E-state index contributed by atoms with van der Waals surface area (Å²) in [6.07, 6.45) is 2.41. The fourth-order valence-electron chi connectivity index (χ4n) is 1.68. The highest BCUT2D eigenvalue weighted by atomic mass is 32.2. The van der Waals surface area contributed by atoms with Crippen molar-refractivity contribution in [1.82, 2.24) is 5.32 Å². The van der Waals surface area contributed by atoms with Gasteiger partial charge in [0, 0.05) is 41.1 Å². The molecule has 106 valence electrons. The smallest absolute Gasteiger partial charge is 0.253 e. The monoisotopic (exact) mass is 282 g/mol. The highest BCUT2D eigenvalue weighted by Crippen LogP contribution is 2.14. The fraction of sp³-hybridized carbons (Fsp3) is 0.500. The number of para-hydroxylation sites is 1. The first-order chi connectivity index (χ1) is 9.06. The molecule has 0 radical (unpaired) electrons. The van der Waals surface area contributed by atoms with Gasteiger partial charge in [-0.3, -0.25) is 9.00 Å². The summed E-state index contributed by atoms with van der Waals surface area (Å²) < 4.78 is 11.2. The minimum atomic E-state index is -0.841. The van der Waals surface area contributed by atoms with Gasteiger partial charge in [-0.15, -0.1) is 0 Å². The highest BCUT2D eigenvalue weighted by Gasteiger charge is 2.11. The lowest BCUT2D eigenvalue weighted by Gasteiger charge is -2.12. The summed E-state index contributed by atoms with van der Waals surface area (Å²) in [5.74, 6) is -0.0920. The first-order valence-corrected chi connectivity index (χ1v) is 8.11. The molecular weight excluding hydrogens is 260 g/mol. The van der Waals surface area contributed by atoms with Crippen molar-refractivity contribution >= 4 is 22.4 Å². The molecule has 2 N–H and O–H groups in total. The molecule has 5 heteroatoms. The van der Waals surface area contributed by atoms with Gasteiger partial charge in [0.25, 0.3) is 5.91 Å². The molecule has 2 atom stereocenters. The predicted octanol–water partition coefficient (Wildman–Crippen LogP) is 2.01. The predicted molar refractivity (Wildman–Crippen MR) is 81.1 cm³/mol. The zero-order valence-electron chi connectivity index (χ0n) is 11.7. The molecule has 0 aliphatic rings. The van der Waals surface area contributed by atoms with E-state index in [-0.39, 0.29) is 11.2 Å². The van der Waals surface area contributed by atoms with E-state index in [2.05, 4.69) is 10.6 Å². The van der Waals surface area contributed by atoms with Crippen molar-refractivity contribution in [3.8, 4) is 0 Å². The summed E-state index contributed by atoms with van der Waals surface area (Å²) in [4.78, 5) is 12.1. The van der Waals surface area contributed by atoms with Crippen LogP contribution >= 0.6 is 0 Å². The number of carbonyl (C=O) groups is 1. The third-order valence-electron chi connectivity index (χ3n) is 2.94. The van der Waals surface area contributed by atoms with E-state index in [1.165, 1.54) is 0 Å². The van der Waals surface area contributed by atoms with E-state index in [0.29, 0.717) is 12.1 Å². The van der Waals surface area contributed by atoms with Crippen LogP contribution in [-0.4, -0.2) is 34.7 Å². The zero-order valence-corrected chi connectivity index (χ0v) is 12.5. The SMILES string of the molecule is CCNc1ccccc1C(=O)NCCC(C)S(C)=O. The summed E-state index contributed by atoms with van der Waals surface area (Å²) in [7, 11) is -0.841. The van der Waals surface area contributed by atoms with Gasteiger partial charge in [0.05, 0.1) is 5.56 Å². The van der Waals surface area contributed by atoms with Gasteiger partial charge in [0.15, 0.2) is 0 Å². The van der Waals surface area contributed by atoms with E-state index < -0.39 is 10.8 Å². The van der Waals surface area contributed by atoms with Gasteiger partial charge in [-0.2, -0.15) is 0 Å². The molecule has 0 aromatic heterocycles. The molecule has 0 saturated heterocycles. The molecule has 0 fully saturated rings. The van der Waals surface area contributed by atoms with Gasteiger partial charge in [0.1, 0.15) is 0 Å². The van der Waals surface area contributed by atoms with Crippen LogP contribution in [0.25, 0.3) is 0 Å². The van der Waals surface area contributed by atoms with Gasteiger partial charge in [-0.05, 0) is 25.5 Å². The largest absolute Gasteiger partial charge is 0.385 e. The number of rotatable bonds is 7. The second-order valence-corrected chi connectivity index (χ2v) is 6.23. The molecule has 0 bridgehead atoms. The Morgan fingerprint density at radius 3 is 2.68 bits per heavy atom. The molecule has 1 rings (SSSR count). The average Bonchev–Trinajstić information content (AvgIpc) is 2.39. The third-order valence-corrected chi connectivity index (χ3v) is 4.31. The Morgan fingerprint density at radius 1 is 1.37 bits per heavy atom. The Labute approximate surface area is 117 Å². The number of anilines is 1. The van der Waals surface area contributed by atoms with Crippen LogP contribution in [0.1, 0.15) is 30.6 Å². The molecule has 0 aliphatic carbocycles. The molecule has 2 unspecified atom stereocenters. The van der Waals surface area contributed by atoms with E-state index in [9.17, 15) is 9.00 Å². The molecule has 19 heavy (non-hydrogen) atoms. The molecule has 1 aromatic carbocycles. The molecule has 0 heterocycles. The van der Waals surface area contributed by atoms with E-state index in [1.807, 2.05) is 32.0 Å². The molecule has 1 amide bonds. The van der Waals surface area contributed by atoms with Crippen LogP contribution in [0.2, 0.25) is 0 Å². The van der Waals surface area contributed by atoms with Crippen LogP contribution in [0, 0.1) is 0 Å². The highest BCUT2D eigenvalue weighted by molar-refractivity contribution is 7.84. The van der Waals surface area contributed by atoms with Crippen LogP contribution in [0.3, 0.4) is 0 Å². The maximum Gasteiger partial charge on any atom is 0.253 e. The summed E-state index contributed by atoms with van der Waals surface area (Å²) in [6, 6.07) is 7.44. The number of carbonyl (C=O) groups excluding carboxylic acids is 1. The first kappa shape index (κ1) is 15.7. The fourth-order valence-corrected chi connectivity index (χ4v) is 2.13. The zero-order chi connectivity index (χ0) is 14.3. The Hall–Kier alpha value is -1.36. The minimum absolute atomic E-state index is 0.0920. The summed E-state index contributed by atoms with van der Waals surface area (Å²) in [5, 5.41) is 6.14. The molecule has 4 nitrogen and oxygen atoms in total. The van der Waals surface area contributed by atoms with E-state index in [4.69, 9.17) is 0 Å². The molecule has 0 saturated carbocycles. The van der Waals surface area contributed by atoms with E-state index >= 15 is 0 Å². The number of amides is 1. The van der Waals surface area contributed by atoms with Crippen molar-refractivity contribution in [2.45, 2.75) is 25.5 Å². The van der Waals surface area contributed by atoms with E-state index in [0.717, 1.165) is 18.7 Å². The third kappa shape index (κ3) is 5.03. The lowest BCUT2D eigenvalue weighted by Crippen LogP contribution is -2.28. The second kappa shape index (κ2) is 7.94. The van der Waals surface area contributed by atoms with Crippen LogP contribution in [0.15, 0.2) is 24.3 Å². The van der Waals surface area contributed by atoms with E-state index in [1.54, 1.807) is 12.3 Å². The molecule has 0 aliphatic heterocycles. The van der Waals surface area contributed by atoms with Crippen molar-refractivity contribution in [3.05, 3.63) is 29.8 Å². The minimum Gasteiger partial charge on any atom is -0.385 e. The Bertz CT molecular complexity index is 449. The van der Waals surface area contributed by atoms with Crippen molar-refractivity contribution in [2.24, 2.45) is 0 Å². The Kier molecular flexibility index (Phi) is 6.56. The van der Waals surface area contributed by atoms with Crippen molar-refractivity contribution in [3.63, 3.8) is 0 Å². The van der Waals surface area contributed by atoms with Crippen LogP contribution in [0.5, 0.6) is 0 Å².